The summed E-state index contributed by atoms with van der Waals surface area (Å²) in [5.41, 5.74) is 0.678. The molecule has 1 heteroatoms. The topological polar surface area (TPSA) is 0 Å². The second-order valence-corrected chi connectivity index (χ2v) is 9.67. The Morgan fingerprint density at radius 3 is 2.24 bits per heavy atom. The highest BCUT2D eigenvalue weighted by Crippen LogP contribution is 2.60. The molecular weight excluding hydrogens is 259 g/mol. The van der Waals surface area contributed by atoms with Crippen molar-refractivity contribution in [2.24, 2.45) is 40.4 Å². The van der Waals surface area contributed by atoms with Crippen LogP contribution >= 0.6 is 0 Å². The highest BCUT2D eigenvalue weighted by atomic mass is 19.1. The summed E-state index contributed by atoms with van der Waals surface area (Å²) in [4.78, 5) is 0. The van der Waals surface area contributed by atoms with Crippen LogP contribution in [0.3, 0.4) is 0 Å². The second-order valence-electron chi connectivity index (χ2n) is 9.67. The van der Waals surface area contributed by atoms with Crippen molar-refractivity contribution in [3.63, 3.8) is 0 Å². The molecule has 3 saturated carbocycles. The normalized spacial score (nSPS) is 53.4. The van der Waals surface area contributed by atoms with E-state index in [-0.39, 0.29) is 5.41 Å². The Balaban J connectivity index is 1.95. The SMILES string of the molecule is C[C@@H]1CCC[C@@]2(C)CC[C@H]3[C@H](C)CC(F)[C@@H](C[C@H]12)C3(C)C. The smallest absolute Gasteiger partial charge is 0.104 e. The number of alkyl halides is 1. The Labute approximate surface area is 131 Å². The minimum atomic E-state index is -0.567. The molecule has 2 bridgehead atoms. The van der Waals surface area contributed by atoms with Crippen molar-refractivity contribution in [1.29, 1.82) is 0 Å². The highest BCUT2D eigenvalue weighted by molar-refractivity contribution is 5.03. The number of rotatable bonds is 0. The maximum absolute atomic E-state index is 14.9. The van der Waals surface area contributed by atoms with Crippen LogP contribution in [-0.4, -0.2) is 6.17 Å². The first-order valence-corrected chi connectivity index (χ1v) is 9.40. The van der Waals surface area contributed by atoms with Gasteiger partial charge in [-0.1, -0.05) is 47.5 Å². The van der Waals surface area contributed by atoms with E-state index in [0.29, 0.717) is 17.3 Å². The summed E-state index contributed by atoms with van der Waals surface area (Å²) in [6.07, 6.45) is 8.24. The summed E-state index contributed by atoms with van der Waals surface area (Å²) >= 11 is 0. The van der Waals surface area contributed by atoms with Crippen LogP contribution in [0.25, 0.3) is 0 Å². The van der Waals surface area contributed by atoms with Crippen molar-refractivity contribution in [3.05, 3.63) is 0 Å². The number of halogens is 1. The lowest BCUT2D eigenvalue weighted by atomic mass is 9.48. The van der Waals surface area contributed by atoms with Crippen LogP contribution in [0, 0.1) is 40.4 Å². The van der Waals surface area contributed by atoms with Crippen LogP contribution in [0.2, 0.25) is 0 Å². The first kappa shape index (κ1) is 15.8. The summed E-state index contributed by atoms with van der Waals surface area (Å²) in [6.45, 7) is 12.0. The maximum Gasteiger partial charge on any atom is 0.104 e. The quantitative estimate of drug-likeness (QED) is 0.495. The molecule has 3 rings (SSSR count). The van der Waals surface area contributed by atoms with Crippen molar-refractivity contribution in [3.8, 4) is 0 Å². The molecule has 0 spiro atoms. The maximum atomic E-state index is 14.9. The molecular formula is C20H35F. The fourth-order valence-electron chi connectivity index (χ4n) is 6.75. The molecule has 0 aliphatic heterocycles. The van der Waals surface area contributed by atoms with Crippen molar-refractivity contribution < 1.29 is 4.39 Å². The van der Waals surface area contributed by atoms with Crippen molar-refractivity contribution in [1.82, 2.24) is 0 Å². The van der Waals surface area contributed by atoms with Gasteiger partial charge in [-0.05, 0) is 72.5 Å². The van der Waals surface area contributed by atoms with E-state index >= 15 is 0 Å². The van der Waals surface area contributed by atoms with Gasteiger partial charge in [-0.2, -0.15) is 0 Å². The van der Waals surface area contributed by atoms with E-state index in [2.05, 4.69) is 34.6 Å². The molecule has 0 N–H and O–H groups in total. The second kappa shape index (κ2) is 5.24. The van der Waals surface area contributed by atoms with Crippen LogP contribution < -0.4 is 0 Å². The molecule has 3 aliphatic carbocycles. The van der Waals surface area contributed by atoms with E-state index < -0.39 is 6.17 Å². The van der Waals surface area contributed by atoms with E-state index in [1.54, 1.807) is 0 Å². The Bertz CT molecular complexity index is 387. The Kier molecular flexibility index (Phi) is 3.94. The van der Waals surface area contributed by atoms with Crippen LogP contribution in [-0.2, 0) is 0 Å². The van der Waals surface area contributed by atoms with Crippen LogP contribution in [0.4, 0.5) is 4.39 Å². The van der Waals surface area contributed by atoms with E-state index in [9.17, 15) is 4.39 Å². The van der Waals surface area contributed by atoms with Gasteiger partial charge in [0.15, 0.2) is 0 Å². The third-order valence-electron chi connectivity index (χ3n) is 8.16. The van der Waals surface area contributed by atoms with Gasteiger partial charge in [-0.3, -0.25) is 0 Å². The summed E-state index contributed by atoms with van der Waals surface area (Å²) in [6, 6.07) is 0. The van der Waals surface area contributed by atoms with Gasteiger partial charge in [-0.15, -0.1) is 0 Å². The summed E-state index contributed by atoms with van der Waals surface area (Å²) in [7, 11) is 0. The Morgan fingerprint density at radius 1 is 0.810 bits per heavy atom. The summed E-state index contributed by atoms with van der Waals surface area (Å²) in [5.74, 6) is 3.13. The number of fused-ring (bicyclic) bond motifs is 3. The molecule has 0 aromatic rings. The molecule has 3 fully saturated rings. The monoisotopic (exact) mass is 294 g/mol. The molecule has 0 amide bonds. The fourth-order valence-corrected chi connectivity index (χ4v) is 6.75. The fraction of sp³-hybridized carbons (Fsp3) is 1.00. The molecule has 7 atom stereocenters. The molecule has 122 valence electrons. The van der Waals surface area contributed by atoms with E-state index in [1.165, 1.54) is 32.1 Å². The summed E-state index contributed by atoms with van der Waals surface area (Å²) in [5, 5.41) is 0. The molecule has 0 radical (unpaired) electrons. The standard InChI is InChI=1S/C20H35F/c1-13-7-6-9-20(5)10-8-15-14(2)11-18(21)17(12-16(13)20)19(15,3)4/h13-18H,6-12H2,1-5H3/t13-,14-,15+,16-,17-,18?,20+/m1/s1. The van der Waals surface area contributed by atoms with E-state index in [0.717, 1.165) is 30.6 Å². The molecule has 0 aromatic carbocycles. The first-order valence-electron chi connectivity index (χ1n) is 9.40. The third kappa shape index (κ3) is 2.47. The molecule has 3 aliphatic rings. The Hall–Kier alpha value is -0.0700. The highest BCUT2D eigenvalue weighted by Gasteiger charge is 2.54. The van der Waals surface area contributed by atoms with E-state index in [1.807, 2.05) is 0 Å². The van der Waals surface area contributed by atoms with Crippen molar-refractivity contribution in [2.45, 2.75) is 85.7 Å². The minimum absolute atomic E-state index is 0.190. The number of hydrogen-bond donors (Lipinski definition) is 0. The molecule has 0 heterocycles. The van der Waals surface area contributed by atoms with Crippen molar-refractivity contribution in [2.75, 3.05) is 0 Å². The van der Waals surface area contributed by atoms with Gasteiger partial charge in [0.05, 0.1) is 0 Å². The summed E-state index contributed by atoms with van der Waals surface area (Å²) < 4.78 is 14.9. The average Bonchev–Trinajstić information content (AvgIpc) is 2.35. The van der Waals surface area contributed by atoms with Crippen LogP contribution in [0.15, 0.2) is 0 Å². The van der Waals surface area contributed by atoms with Gasteiger partial charge in [-0.25, -0.2) is 4.39 Å². The van der Waals surface area contributed by atoms with Gasteiger partial charge < -0.3 is 0 Å². The van der Waals surface area contributed by atoms with Gasteiger partial charge in [0, 0.05) is 0 Å². The van der Waals surface area contributed by atoms with E-state index in [4.69, 9.17) is 0 Å². The van der Waals surface area contributed by atoms with Gasteiger partial charge in [0.25, 0.3) is 0 Å². The lowest BCUT2D eigenvalue weighted by Gasteiger charge is -2.57. The minimum Gasteiger partial charge on any atom is -0.247 e. The Morgan fingerprint density at radius 2 is 1.52 bits per heavy atom. The zero-order chi connectivity index (χ0) is 15.4. The lowest BCUT2D eigenvalue weighted by Crippen LogP contribution is -2.52. The van der Waals surface area contributed by atoms with Gasteiger partial charge in [0.2, 0.25) is 0 Å². The zero-order valence-corrected chi connectivity index (χ0v) is 14.8. The molecule has 21 heavy (non-hydrogen) atoms. The molecule has 0 aromatic heterocycles. The molecule has 0 nitrogen and oxygen atoms in total. The van der Waals surface area contributed by atoms with Gasteiger partial charge >= 0.3 is 0 Å². The van der Waals surface area contributed by atoms with Gasteiger partial charge in [0.1, 0.15) is 6.17 Å². The molecule has 1 unspecified atom stereocenters. The average molecular weight is 294 g/mol. The third-order valence-corrected chi connectivity index (χ3v) is 8.16. The lowest BCUT2D eigenvalue weighted by molar-refractivity contribution is -0.101. The predicted molar refractivity (Wildman–Crippen MR) is 87.9 cm³/mol. The van der Waals surface area contributed by atoms with Crippen LogP contribution in [0.5, 0.6) is 0 Å². The van der Waals surface area contributed by atoms with Crippen molar-refractivity contribution >= 4 is 0 Å². The zero-order valence-electron chi connectivity index (χ0n) is 14.8. The molecule has 0 saturated heterocycles. The largest absolute Gasteiger partial charge is 0.247 e. The first-order chi connectivity index (χ1) is 9.75. The van der Waals surface area contributed by atoms with Crippen LogP contribution in [0.1, 0.15) is 79.6 Å². The predicted octanol–water partition coefficient (Wildman–Crippen LogP) is 6.25. The number of hydrogen-bond acceptors (Lipinski definition) is 0.